The topological polar surface area (TPSA) is 98.7 Å². The predicted molar refractivity (Wildman–Crippen MR) is 88.6 cm³/mol. The van der Waals surface area contributed by atoms with Gasteiger partial charge in [0.2, 0.25) is 5.76 Å². The highest BCUT2D eigenvalue weighted by Gasteiger charge is 2.28. The zero-order valence-electron chi connectivity index (χ0n) is 14.1. The highest BCUT2D eigenvalue weighted by molar-refractivity contribution is 5.92. The number of oxazole rings is 1. The summed E-state index contributed by atoms with van der Waals surface area (Å²) in [5, 5.41) is 10.7. The molecular weight excluding hydrogens is 326 g/mol. The summed E-state index contributed by atoms with van der Waals surface area (Å²) in [7, 11) is 0. The van der Waals surface area contributed by atoms with Crippen LogP contribution in [0.4, 0.5) is 5.69 Å². The minimum atomic E-state index is -0.443. The fourth-order valence-electron chi connectivity index (χ4n) is 2.89. The second kappa shape index (κ2) is 6.92. The van der Waals surface area contributed by atoms with E-state index in [1.165, 1.54) is 12.1 Å². The van der Waals surface area contributed by atoms with E-state index in [4.69, 9.17) is 9.15 Å². The second-order valence-corrected chi connectivity index (χ2v) is 6.01. The number of nitrogens with zero attached hydrogens (tertiary/aromatic N) is 3. The number of benzene rings is 1. The zero-order chi connectivity index (χ0) is 18.0. The molecule has 0 aliphatic carbocycles. The lowest BCUT2D eigenvalue weighted by Gasteiger charge is -2.31. The van der Waals surface area contributed by atoms with Gasteiger partial charge in [-0.2, -0.15) is 0 Å². The number of rotatable bonds is 4. The van der Waals surface area contributed by atoms with Crippen LogP contribution in [0.1, 0.15) is 35.0 Å². The summed E-state index contributed by atoms with van der Waals surface area (Å²) in [4.78, 5) is 28.6. The van der Waals surface area contributed by atoms with E-state index in [1.807, 2.05) is 0 Å². The molecule has 0 N–H and O–H groups in total. The van der Waals surface area contributed by atoms with Crippen molar-refractivity contribution in [2.45, 2.75) is 32.8 Å². The number of hydrogen-bond donors (Lipinski definition) is 0. The highest BCUT2D eigenvalue weighted by Crippen LogP contribution is 2.23. The molecule has 1 aromatic heterocycles. The Bertz CT molecular complexity index is 776. The van der Waals surface area contributed by atoms with Crippen LogP contribution >= 0.6 is 0 Å². The predicted octanol–water partition coefficient (Wildman–Crippen LogP) is 2.88. The fraction of sp³-hybridized carbons (Fsp3) is 0.412. The van der Waals surface area contributed by atoms with Crippen LogP contribution in [0.25, 0.3) is 0 Å². The smallest absolute Gasteiger partial charge is 0.291 e. The number of hydrogen-bond acceptors (Lipinski definition) is 6. The van der Waals surface area contributed by atoms with E-state index in [-0.39, 0.29) is 17.7 Å². The molecule has 8 nitrogen and oxygen atoms in total. The maximum absolute atomic E-state index is 12.5. The quantitative estimate of drug-likeness (QED) is 0.624. The van der Waals surface area contributed by atoms with Crippen molar-refractivity contribution in [3.63, 3.8) is 0 Å². The van der Waals surface area contributed by atoms with Crippen molar-refractivity contribution in [2.24, 2.45) is 0 Å². The average molecular weight is 345 g/mol. The van der Waals surface area contributed by atoms with E-state index < -0.39 is 4.92 Å². The first-order chi connectivity index (χ1) is 11.9. The van der Waals surface area contributed by atoms with Crippen molar-refractivity contribution in [3.05, 3.63) is 51.7 Å². The van der Waals surface area contributed by atoms with E-state index >= 15 is 0 Å². The number of aromatic nitrogens is 1. The number of likely N-dealkylation sites (tertiary alicyclic amines) is 1. The molecule has 0 atom stereocenters. The van der Waals surface area contributed by atoms with Gasteiger partial charge in [-0.15, -0.1) is 0 Å². The lowest BCUT2D eigenvalue weighted by Crippen LogP contribution is -2.41. The molecule has 25 heavy (non-hydrogen) atoms. The fourth-order valence-corrected chi connectivity index (χ4v) is 2.89. The molecule has 1 saturated heterocycles. The van der Waals surface area contributed by atoms with Crippen molar-refractivity contribution < 1.29 is 18.9 Å². The van der Waals surface area contributed by atoms with Gasteiger partial charge < -0.3 is 14.1 Å². The van der Waals surface area contributed by atoms with Gasteiger partial charge >= 0.3 is 0 Å². The van der Waals surface area contributed by atoms with Gasteiger partial charge in [0.1, 0.15) is 11.9 Å². The van der Waals surface area contributed by atoms with Gasteiger partial charge in [-0.05, 0) is 19.1 Å². The minimum absolute atomic E-state index is 0.0249. The van der Waals surface area contributed by atoms with E-state index in [9.17, 15) is 14.9 Å². The summed E-state index contributed by atoms with van der Waals surface area (Å²) >= 11 is 0. The van der Waals surface area contributed by atoms with Crippen molar-refractivity contribution in [1.82, 2.24) is 9.88 Å². The Labute approximate surface area is 144 Å². The molecule has 2 heterocycles. The molecule has 1 aliphatic heterocycles. The molecule has 0 radical (unpaired) electrons. The molecule has 1 amide bonds. The average Bonchev–Trinajstić information content (AvgIpc) is 2.94. The maximum atomic E-state index is 12.5. The summed E-state index contributed by atoms with van der Waals surface area (Å²) in [6, 6.07) is 6.03. The van der Waals surface area contributed by atoms with Crippen molar-refractivity contribution in [1.29, 1.82) is 0 Å². The third kappa shape index (κ3) is 3.78. The SMILES string of the molecule is Cc1nc(C)c(C(=O)N2CCC(Oc3ccc([N+](=O)[O-])cc3)CC2)o1. The first-order valence-corrected chi connectivity index (χ1v) is 8.08. The molecule has 3 rings (SSSR count). The molecular formula is C17H19N3O5. The Morgan fingerprint density at radius 1 is 1.28 bits per heavy atom. The first-order valence-electron chi connectivity index (χ1n) is 8.08. The van der Waals surface area contributed by atoms with Gasteiger partial charge in [-0.1, -0.05) is 0 Å². The van der Waals surface area contributed by atoms with Gasteiger partial charge in [-0.25, -0.2) is 4.98 Å². The summed E-state index contributed by atoms with van der Waals surface area (Å²) in [6.45, 7) is 4.60. The Kier molecular flexibility index (Phi) is 4.69. The molecule has 1 aliphatic rings. The summed E-state index contributed by atoms with van der Waals surface area (Å²) < 4.78 is 11.2. The van der Waals surface area contributed by atoms with E-state index in [2.05, 4.69) is 4.98 Å². The van der Waals surface area contributed by atoms with Crippen molar-refractivity contribution in [2.75, 3.05) is 13.1 Å². The third-order valence-electron chi connectivity index (χ3n) is 4.18. The van der Waals surface area contributed by atoms with Crippen LogP contribution in [-0.4, -0.2) is 39.9 Å². The Balaban J connectivity index is 1.55. The van der Waals surface area contributed by atoms with E-state index in [0.717, 1.165) is 0 Å². The number of nitro benzene ring substituents is 1. The highest BCUT2D eigenvalue weighted by atomic mass is 16.6. The summed E-state index contributed by atoms with van der Waals surface area (Å²) in [5.74, 6) is 1.23. The van der Waals surface area contributed by atoms with Gasteiger partial charge in [0.05, 0.1) is 10.6 Å². The van der Waals surface area contributed by atoms with E-state index in [1.54, 1.807) is 30.9 Å². The molecule has 1 aromatic carbocycles. The summed E-state index contributed by atoms with van der Waals surface area (Å²) in [6.07, 6.45) is 1.35. The third-order valence-corrected chi connectivity index (χ3v) is 4.18. The van der Waals surface area contributed by atoms with Gasteiger partial charge in [0.25, 0.3) is 11.6 Å². The largest absolute Gasteiger partial charge is 0.490 e. The Hall–Kier alpha value is -2.90. The molecule has 0 bridgehead atoms. The molecule has 0 saturated carbocycles. The van der Waals surface area contributed by atoms with Gasteiger partial charge in [-0.3, -0.25) is 14.9 Å². The maximum Gasteiger partial charge on any atom is 0.291 e. The van der Waals surface area contributed by atoms with Crippen LogP contribution in [0.3, 0.4) is 0 Å². The van der Waals surface area contributed by atoms with Crippen LogP contribution in [0.5, 0.6) is 5.75 Å². The first kappa shape index (κ1) is 16.9. The number of non-ortho nitro benzene ring substituents is 1. The van der Waals surface area contributed by atoms with Crippen LogP contribution in [0, 0.1) is 24.0 Å². The Morgan fingerprint density at radius 3 is 2.44 bits per heavy atom. The number of aryl methyl sites for hydroxylation is 2. The normalized spacial score (nSPS) is 15.2. The van der Waals surface area contributed by atoms with Gasteiger partial charge in [0.15, 0.2) is 5.89 Å². The number of nitro groups is 1. The standard InChI is InChI=1S/C17H19N3O5/c1-11-16(24-12(2)18-11)17(21)19-9-7-15(8-10-19)25-14-5-3-13(4-6-14)20(22)23/h3-6,15H,7-10H2,1-2H3. The lowest BCUT2D eigenvalue weighted by molar-refractivity contribution is -0.384. The molecule has 8 heteroatoms. The zero-order valence-corrected chi connectivity index (χ0v) is 14.1. The molecule has 0 unspecified atom stereocenters. The molecule has 132 valence electrons. The minimum Gasteiger partial charge on any atom is -0.490 e. The van der Waals surface area contributed by atoms with Crippen molar-refractivity contribution in [3.8, 4) is 5.75 Å². The molecule has 2 aromatic rings. The van der Waals surface area contributed by atoms with E-state index in [0.29, 0.717) is 49.0 Å². The van der Waals surface area contributed by atoms with Crippen LogP contribution in [0.15, 0.2) is 28.7 Å². The van der Waals surface area contributed by atoms with Gasteiger partial charge in [0, 0.05) is 45.0 Å². The number of carbonyl (C=O) groups is 1. The number of piperidine rings is 1. The number of amides is 1. The monoisotopic (exact) mass is 345 g/mol. The molecule has 0 spiro atoms. The Morgan fingerprint density at radius 2 is 1.92 bits per heavy atom. The van der Waals surface area contributed by atoms with Crippen molar-refractivity contribution >= 4 is 11.6 Å². The summed E-state index contributed by atoms with van der Waals surface area (Å²) in [5.41, 5.74) is 0.636. The van der Waals surface area contributed by atoms with Crippen LogP contribution < -0.4 is 4.74 Å². The second-order valence-electron chi connectivity index (χ2n) is 6.01. The number of carbonyl (C=O) groups excluding carboxylic acids is 1. The lowest BCUT2D eigenvalue weighted by atomic mass is 10.1. The molecule has 1 fully saturated rings. The van der Waals surface area contributed by atoms with Crippen LogP contribution in [-0.2, 0) is 0 Å². The van der Waals surface area contributed by atoms with Crippen LogP contribution in [0.2, 0.25) is 0 Å². The number of ether oxygens (including phenoxy) is 1.